The quantitative estimate of drug-likeness (QED) is 0.0286. The average Bonchev–Trinajstić information content (AvgIpc) is 4.03. The Kier molecular flexibility index (Phi) is 20.2. The van der Waals surface area contributed by atoms with Crippen LogP contribution in [-0.2, 0) is 48.1 Å². The molecule has 1 unspecified atom stereocenters. The molecular formula is C61H79N9O9. The molecule has 18 heteroatoms. The van der Waals surface area contributed by atoms with Crippen LogP contribution in [0, 0.1) is 17.8 Å². The first kappa shape index (κ1) is 59.2. The fourth-order valence-corrected chi connectivity index (χ4v) is 10.1. The molecular weight excluding hydrogens is 1000 g/mol. The van der Waals surface area contributed by atoms with Gasteiger partial charge in [-0.25, -0.2) is 0 Å². The van der Waals surface area contributed by atoms with Gasteiger partial charge in [0.05, 0.1) is 18.2 Å². The molecule has 7 rings (SSSR count). The van der Waals surface area contributed by atoms with Crippen molar-refractivity contribution < 1.29 is 43.7 Å². The molecule has 0 saturated carbocycles. The lowest BCUT2D eigenvalue weighted by atomic mass is 9.93. The summed E-state index contributed by atoms with van der Waals surface area (Å²) in [6.45, 7) is 17.6. The summed E-state index contributed by atoms with van der Waals surface area (Å²) in [5.74, 6) is -2.84. The van der Waals surface area contributed by atoms with Crippen molar-refractivity contribution in [2.75, 3.05) is 26.2 Å². The van der Waals surface area contributed by atoms with Crippen molar-refractivity contribution in [3.63, 3.8) is 0 Å². The van der Waals surface area contributed by atoms with Crippen LogP contribution in [0.4, 0.5) is 0 Å². The molecule has 7 N–H and O–H groups in total. The van der Waals surface area contributed by atoms with E-state index in [0.29, 0.717) is 68.7 Å². The first-order chi connectivity index (χ1) is 37.7. The molecule has 2 aliphatic heterocycles. The molecule has 0 radical (unpaired) electrons. The first-order valence-electron chi connectivity index (χ1n) is 27.8. The SMILES string of the molecule is CCNC(=O)c1nnc(-c2cc(C(C)C)c(O)cc2O)n1-c1ccc(CN2CCC(C(=O)N[C@@H](CCc3ccccc3)C(=O)N[C@@H](CC(C)C)C(=O)N[C@@H](Cc3ccccc3)C(=O)NC(CC(C)C)C(=O)[C@@]3(C)CO3)CC2)cc1. The second-order valence-corrected chi connectivity index (χ2v) is 22.4. The third-order valence-corrected chi connectivity index (χ3v) is 14.7. The summed E-state index contributed by atoms with van der Waals surface area (Å²) < 4.78 is 7.05. The number of Topliss-reactive ketones (excluding diaryl/α,β-unsaturated/α-hetero) is 1. The number of carbonyl (C=O) groups is 6. The summed E-state index contributed by atoms with van der Waals surface area (Å²) >= 11 is 0. The van der Waals surface area contributed by atoms with Gasteiger partial charge in [-0.3, -0.25) is 38.2 Å². The molecule has 2 aliphatic rings. The van der Waals surface area contributed by atoms with E-state index in [4.69, 9.17) is 4.74 Å². The van der Waals surface area contributed by atoms with Gasteiger partial charge in [-0.1, -0.05) is 114 Å². The van der Waals surface area contributed by atoms with Crippen LogP contribution in [0.2, 0.25) is 0 Å². The van der Waals surface area contributed by atoms with E-state index in [9.17, 15) is 39.0 Å². The Morgan fingerprint density at radius 1 is 0.684 bits per heavy atom. The highest BCUT2D eigenvalue weighted by atomic mass is 16.6. The molecule has 2 saturated heterocycles. The number of aromatic hydroxyl groups is 2. The van der Waals surface area contributed by atoms with E-state index in [0.717, 1.165) is 16.7 Å². The Hall–Kier alpha value is -7.44. The second-order valence-electron chi connectivity index (χ2n) is 22.4. The van der Waals surface area contributed by atoms with E-state index >= 15 is 0 Å². The number of likely N-dealkylation sites (tertiary alicyclic amines) is 1. The van der Waals surface area contributed by atoms with Crippen LogP contribution >= 0.6 is 0 Å². The molecule has 0 aliphatic carbocycles. The number of ether oxygens (including phenoxy) is 1. The van der Waals surface area contributed by atoms with E-state index in [1.807, 2.05) is 126 Å². The lowest BCUT2D eigenvalue weighted by Crippen LogP contribution is -2.59. The smallest absolute Gasteiger partial charge is 0.289 e. The number of amides is 5. The summed E-state index contributed by atoms with van der Waals surface area (Å²) in [5, 5.41) is 44.8. The van der Waals surface area contributed by atoms with Crippen molar-refractivity contribution in [2.45, 2.75) is 143 Å². The molecule has 2 fully saturated rings. The topological polar surface area (TPSA) is 250 Å². The molecule has 0 spiro atoms. The summed E-state index contributed by atoms with van der Waals surface area (Å²) in [6, 6.07) is 25.6. The number of aromatic nitrogens is 3. The Morgan fingerprint density at radius 2 is 1.25 bits per heavy atom. The standard InChI is InChI=1S/C61H79N9O9/c1-9-62-60(78)55-68-67-54(46-33-45(39(6)7)51(71)34-52(46)72)70(55)44-23-20-42(21-24-44)35-69-28-26-43(27-29-69)56(74)63-47(25-22-40-16-12-10-13-17-40)57(75)65-49(31-38(4)5)58(76)66-50(32-41-18-14-11-15-19-41)59(77)64-48(30-37(2)3)53(73)61(8)36-79-61/h10-21,23-24,33-34,37-39,43,47-50,71-72H,9,22,25-32,35-36H2,1-8H3,(H,62,78)(H,63,74)(H,64,77)(H,65,75)(H,66,76)/t47-,48?,49-,50-,61+/m0/s1. The highest BCUT2D eigenvalue weighted by Crippen LogP contribution is 2.38. The van der Waals surface area contributed by atoms with Crippen molar-refractivity contribution in [1.29, 1.82) is 0 Å². The van der Waals surface area contributed by atoms with Gasteiger partial charge in [0.25, 0.3) is 5.91 Å². The summed E-state index contributed by atoms with van der Waals surface area (Å²) in [7, 11) is 0. The average molecular weight is 1080 g/mol. The fourth-order valence-electron chi connectivity index (χ4n) is 10.1. The van der Waals surface area contributed by atoms with E-state index in [-0.39, 0.29) is 84.4 Å². The molecule has 5 atom stereocenters. The minimum atomic E-state index is -1.08. The van der Waals surface area contributed by atoms with Crippen molar-refractivity contribution >= 4 is 35.3 Å². The molecule has 79 heavy (non-hydrogen) atoms. The van der Waals surface area contributed by atoms with Crippen LogP contribution < -0.4 is 26.6 Å². The number of phenols is 2. The van der Waals surface area contributed by atoms with Crippen LogP contribution in [0.1, 0.15) is 126 Å². The molecule has 5 aromatic rings. The van der Waals surface area contributed by atoms with Gasteiger partial charge in [0.15, 0.2) is 11.6 Å². The monoisotopic (exact) mass is 1080 g/mol. The van der Waals surface area contributed by atoms with Crippen molar-refractivity contribution in [2.24, 2.45) is 17.8 Å². The zero-order valence-electron chi connectivity index (χ0n) is 46.9. The Labute approximate surface area is 463 Å². The van der Waals surface area contributed by atoms with Crippen LogP contribution in [0.3, 0.4) is 0 Å². The van der Waals surface area contributed by atoms with Gasteiger partial charge in [0, 0.05) is 37.2 Å². The Morgan fingerprint density at radius 3 is 1.85 bits per heavy atom. The van der Waals surface area contributed by atoms with E-state index in [1.165, 1.54) is 6.07 Å². The number of carbonyl (C=O) groups excluding carboxylic acids is 6. The zero-order valence-corrected chi connectivity index (χ0v) is 46.9. The highest BCUT2D eigenvalue weighted by molar-refractivity contribution is 5.99. The number of hydrogen-bond donors (Lipinski definition) is 7. The minimum Gasteiger partial charge on any atom is -0.508 e. The number of aryl methyl sites for hydroxylation is 1. The number of nitrogens with one attached hydrogen (secondary N) is 5. The van der Waals surface area contributed by atoms with E-state index in [2.05, 4.69) is 41.7 Å². The van der Waals surface area contributed by atoms with Crippen LogP contribution in [0.25, 0.3) is 17.1 Å². The number of epoxide rings is 1. The molecule has 18 nitrogen and oxygen atoms in total. The first-order valence-corrected chi connectivity index (χ1v) is 27.8. The van der Waals surface area contributed by atoms with Crippen molar-refractivity contribution in [1.82, 2.24) is 46.2 Å². The molecule has 0 bridgehead atoms. The molecule has 422 valence electrons. The van der Waals surface area contributed by atoms with Crippen LogP contribution in [-0.4, -0.2) is 121 Å². The highest BCUT2D eigenvalue weighted by Gasteiger charge is 2.50. The number of phenolic OH excluding ortho intramolecular Hbond substituents is 2. The second kappa shape index (κ2) is 26.9. The number of piperidine rings is 1. The number of ketones is 1. The zero-order chi connectivity index (χ0) is 57.0. The van der Waals surface area contributed by atoms with Gasteiger partial charge in [0.2, 0.25) is 29.5 Å². The van der Waals surface area contributed by atoms with Gasteiger partial charge in [-0.15, -0.1) is 10.2 Å². The van der Waals surface area contributed by atoms with Crippen molar-refractivity contribution in [3.8, 4) is 28.6 Å². The van der Waals surface area contributed by atoms with E-state index in [1.54, 1.807) is 24.5 Å². The van der Waals surface area contributed by atoms with E-state index < -0.39 is 53.4 Å². The number of nitrogens with zero attached hydrogens (tertiary/aromatic N) is 4. The van der Waals surface area contributed by atoms with Gasteiger partial charge >= 0.3 is 0 Å². The van der Waals surface area contributed by atoms with Crippen LogP contribution in [0.15, 0.2) is 97.1 Å². The molecule has 3 heterocycles. The summed E-state index contributed by atoms with van der Waals surface area (Å²) in [5.41, 5.74) is 3.32. The lowest BCUT2D eigenvalue weighted by molar-refractivity contribution is -0.135. The maximum Gasteiger partial charge on any atom is 0.289 e. The number of benzene rings is 4. The van der Waals surface area contributed by atoms with Crippen LogP contribution in [0.5, 0.6) is 11.5 Å². The van der Waals surface area contributed by atoms with Crippen molar-refractivity contribution in [3.05, 3.63) is 125 Å². The fraction of sp³-hybridized carbons (Fsp3) is 0.475. The maximum absolute atomic E-state index is 14.5. The molecule has 1 aromatic heterocycles. The minimum absolute atomic E-state index is 0.0363. The van der Waals surface area contributed by atoms with Gasteiger partial charge in [-0.05, 0) is 124 Å². The predicted octanol–water partition coefficient (Wildman–Crippen LogP) is 6.70. The maximum atomic E-state index is 14.5. The largest absolute Gasteiger partial charge is 0.508 e. The third-order valence-electron chi connectivity index (χ3n) is 14.7. The normalized spacial score (nSPS) is 17.2. The van der Waals surface area contributed by atoms with Gasteiger partial charge in [0.1, 0.15) is 35.2 Å². The molecule has 4 aromatic carbocycles. The lowest BCUT2D eigenvalue weighted by Gasteiger charge is -2.32. The number of rotatable bonds is 26. The predicted molar refractivity (Wildman–Crippen MR) is 301 cm³/mol. The van der Waals surface area contributed by atoms with Gasteiger partial charge < -0.3 is 41.5 Å². The Bertz CT molecular complexity index is 2900. The van der Waals surface area contributed by atoms with Gasteiger partial charge in [-0.2, -0.15) is 0 Å². The summed E-state index contributed by atoms with van der Waals surface area (Å²) in [6.07, 6.45) is 2.64. The summed E-state index contributed by atoms with van der Waals surface area (Å²) in [4.78, 5) is 86.4. The Balaban J connectivity index is 1.02. The number of hydrogen-bond acceptors (Lipinski definition) is 12. The molecule has 5 amide bonds. The third kappa shape index (κ3) is 15.9.